The topological polar surface area (TPSA) is 53.4 Å². The maximum atomic E-state index is 13.0. The summed E-state index contributed by atoms with van der Waals surface area (Å²) < 4.78 is 15.1. The first-order chi connectivity index (χ1) is 12.2. The largest absolute Gasteiger partial charge is 0.368 e. The van der Waals surface area contributed by atoms with Crippen molar-refractivity contribution in [1.29, 1.82) is 0 Å². The van der Waals surface area contributed by atoms with E-state index in [1.165, 1.54) is 12.1 Å². The van der Waals surface area contributed by atoms with Crippen molar-refractivity contribution >= 4 is 11.7 Å². The lowest BCUT2D eigenvalue weighted by atomic mass is 10.2. The summed E-state index contributed by atoms with van der Waals surface area (Å²) >= 11 is 0. The summed E-state index contributed by atoms with van der Waals surface area (Å²) in [5.41, 5.74) is 0.994. The van der Waals surface area contributed by atoms with E-state index in [2.05, 4.69) is 26.7 Å². The number of rotatable bonds is 5. The van der Waals surface area contributed by atoms with Gasteiger partial charge in [-0.2, -0.15) is 0 Å². The summed E-state index contributed by atoms with van der Waals surface area (Å²) in [6, 6.07) is 6.46. The number of amides is 2. The second-order valence-electron chi connectivity index (χ2n) is 6.07. The monoisotopic (exact) mass is 345 g/mol. The predicted molar refractivity (Wildman–Crippen MR) is 95.2 cm³/mol. The molecular weight excluding hydrogens is 321 g/mol. The zero-order valence-electron chi connectivity index (χ0n) is 14.5. The molecule has 0 saturated carbocycles. The molecule has 2 heterocycles. The molecule has 2 amide bonds. The fraction of sp³-hybridized carbons (Fsp3) is 0.444. The van der Waals surface area contributed by atoms with E-state index < -0.39 is 0 Å². The highest BCUT2D eigenvalue weighted by atomic mass is 19.1. The summed E-state index contributed by atoms with van der Waals surface area (Å²) in [6.45, 7) is 6.20. The summed E-state index contributed by atoms with van der Waals surface area (Å²) in [4.78, 5) is 20.6. The molecule has 2 aromatic rings. The van der Waals surface area contributed by atoms with Gasteiger partial charge in [0.15, 0.2) is 0 Å². The molecule has 1 saturated heterocycles. The molecule has 134 valence electrons. The zero-order valence-corrected chi connectivity index (χ0v) is 14.5. The molecule has 1 aromatic carbocycles. The summed E-state index contributed by atoms with van der Waals surface area (Å²) in [7, 11) is 0. The average molecular weight is 345 g/mol. The van der Waals surface area contributed by atoms with Gasteiger partial charge in [-0.1, -0.05) is 6.92 Å². The van der Waals surface area contributed by atoms with E-state index in [4.69, 9.17) is 0 Å². The van der Waals surface area contributed by atoms with Gasteiger partial charge in [-0.3, -0.25) is 0 Å². The van der Waals surface area contributed by atoms with Crippen LogP contribution in [0.1, 0.15) is 12.7 Å². The number of piperazine rings is 1. The van der Waals surface area contributed by atoms with Crippen LogP contribution in [0.25, 0.3) is 0 Å². The number of halogens is 1. The Morgan fingerprint density at radius 3 is 2.60 bits per heavy atom. The molecule has 3 rings (SSSR count). The second-order valence-corrected chi connectivity index (χ2v) is 6.07. The fourth-order valence-corrected chi connectivity index (χ4v) is 3.07. The van der Waals surface area contributed by atoms with Gasteiger partial charge in [0.25, 0.3) is 0 Å². The molecule has 7 heteroatoms. The van der Waals surface area contributed by atoms with Crippen LogP contribution in [0.4, 0.5) is 14.9 Å². The van der Waals surface area contributed by atoms with Crippen LogP contribution < -0.4 is 10.2 Å². The van der Waals surface area contributed by atoms with E-state index in [0.717, 1.165) is 37.6 Å². The van der Waals surface area contributed by atoms with Crippen LogP contribution >= 0.6 is 0 Å². The normalized spacial score (nSPS) is 14.6. The first-order valence-electron chi connectivity index (χ1n) is 8.70. The highest BCUT2D eigenvalue weighted by molar-refractivity contribution is 5.74. The summed E-state index contributed by atoms with van der Waals surface area (Å²) in [5.74, 6) is 0.799. The Hall–Kier alpha value is -2.57. The van der Waals surface area contributed by atoms with Gasteiger partial charge in [-0.25, -0.2) is 14.2 Å². The average Bonchev–Trinajstić information content (AvgIpc) is 3.10. The number of benzene rings is 1. The van der Waals surface area contributed by atoms with Crippen LogP contribution in [0.2, 0.25) is 0 Å². The Balaban J connectivity index is 1.43. The number of aryl methyl sites for hydroxylation is 1. The summed E-state index contributed by atoms with van der Waals surface area (Å²) in [5, 5.41) is 2.97. The van der Waals surface area contributed by atoms with Crippen molar-refractivity contribution in [3.05, 3.63) is 48.3 Å². The standard InChI is InChI=1S/C18H24FN5O/c1-2-17-20-7-9-23(17)10-8-21-18(25)24-13-11-22(12-14-24)16-5-3-15(19)4-6-16/h3-7,9H,2,8,10-14H2,1H3,(H,21,25). The Kier molecular flexibility index (Phi) is 5.53. The third-order valence-electron chi connectivity index (χ3n) is 4.51. The maximum Gasteiger partial charge on any atom is 0.317 e. The Morgan fingerprint density at radius 1 is 1.20 bits per heavy atom. The number of nitrogens with zero attached hydrogens (tertiary/aromatic N) is 4. The molecular formula is C18H24FN5O. The quantitative estimate of drug-likeness (QED) is 0.903. The molecule has 1 aromatic heterocycles. The van der Waals surface area contributed by atoms with Gasteiger partial charge in [0.1, 0.15) is 11.6 Å². The minimum absolute atomic E-state index is 0.0306. The van der Waals surface area contributed by atoms with E-state index in [0.29, 0.717) is 19.6 Å². The van der Waals surface area contributed by atoms with Gasteiger partial charge < -0.3 is 19.7 Å². The van der Waals surface area contributed by atoms with Crippen LogP contribution in [0, 0.1) is 5.82 Å². The van der Waals surface area contributed by atoms with Crippen molar-refractivity contribution in [3.63, 3.8) is 0 Å². The number of hydrogen-bond donors (Lipinski definition) is 1. The minimum atomic E-state index is -0.231. The number of anilines is 1. The number of aromatic nitrogens is 2. The molecule has 25 heavy (non-hydrogen) atoms. The molecule has 1 N–H and O–H groups in total. The van der Waals surface area contributed by atoms with Gasteiger partial charge in [0.2, 0.25) is 0 Å². The van der Waals surface area contributed by atoms with Crippen LogP contribution in [-0.2, 0) is 13.0 Å². The zero-order chi connectivity index (χ0) is 17.6. The molecule has 6 nitrogen and oxygen atoms in total. The Labute approximate surface area is 147 Å². The molecule has 0 aliphatic carbocycles. The molecule has 1 aliphatic heterocycles. The van der Waals surface area contributed by atoms with Crippen molar-refractivity contribution in [2.75, 3.05) is 37.6 Å². The van der Waals surface area contributed by atoms with E-state index >= 15 is 0 Å². The molecule has 0 atom stereocenters. The van der Waals surface area contributed by atoms with Gasteiger partial charge >= 0.3 is 6.03 Å². The van der Waals surface area contributed by atoms with Crippen LogP contribution in [0.5, 0.6) is 0 Å². The molecule has 0 bridgehead atoms. The van der Waals surface area contributed by atoms with Crippen LogP contribution in [-0.4, -0.2) is 53.2 Å². The first-order valence-corrected chi connectivity index (χ1v) is 8.70. The summed E-state index contributed by atoms with van der Waals surface area (Å²) in [6.07, 6.45) is 4.61. The molecule has 0 radical (unpaired) electrons. The Morgan fingerprint density at radius 2 is 1.92 bits per heavy atom. The van der Waals surface area contributed by atoms with Crippen molar-refractivity contribution in [2.45, 2.75) is 19.9 Å². The highest BCUT2D eigenvalue weighted by Crippen LogP contribution is 2.16. The molecule has 0 spiro atoms. The number of carbonyl (C=O) groups excluding carboxylic acids is 1. The van der Waals surface area contributed by atoms with Gasteiger partial charge in [0, 0.05) is 63.8 Å². The SMILES string of the molecule is CCc1nccn1CCNC(=O)N1CCN(c2ccc(F)cc2)CC1. The van der Waals surface area contributed by atoms with Crippen molar-refractivity contribution in [3.8, 4) is 0 Å². The van der Waals surface area contributed by atoms with Gasteiger partial charge in [0.05, 0.1) is 0 Å². The molecule has 1 aliphatic rings. The van der Waals surface area contributed by atoms with Crippen molar-refractivity contribution < 1.29 is 9.18 Å². The molecule has 0 unspecified atom stereocenters. The number of carbonyl (C=O) groups is 1. The number of urea groups is 1. The second kappa shape index (κ2) is 8.00. The van der Waals surface area contributed by atoms with E-state index in [1.54, 1.807) is 18.3 Å². The van der Waals surface area contributed by atoms with Crippen molar-refractivity contribution in [1.82, 2.24) is 19.8 Å². The van der Waals surface area contributed by atoms with Gasteiger partial charge in [-0.15, -0.1) is 0 Å². The van der Waals surface area contributed by atoms with Crippen molar-refractivity contribution in [2.24, 2.45) is 0 Å². The molecule has 1 fully saturated rings. The third kappa shape index (κ3) is 4.29. The lowest BCUT2D eigenvalue weighted by Crippen LogP contribution is -2.52. The first kappa shape index (κ1) is 17.3. The number of hydrogen-bond acceptors (Lipinski definition) is 3. The van der Waals surface area contributed by atoms with E-state index in [9.17, 15) is 9.18 Å². The van der Waals surface area contributed by atoms with E-state index in [-0.39, 0.29) is 11.8 Å². The lowest BCUT2D eigenvalue weighted by Gasteiger charge is -2.36. The maximum absolute atomic E-state index is 13.0. The lowest BCUT2D eigenvalue weighted by molar-refractivity contribution is 0.194. The van der Waals surface area contributed by atoms with Crippen LogP contribution in [0.15, 0.2) is 36.7 Å². The van der Waals surface area contributed by atoms with Crippen LogP contribution in [0.3, 0.4) is 0 Å². The fourth-order valence-electron chi connectivity index (χ4n) is 3.07. The predicted octanol–water partition coefficient (Wildman–Crippen LogP) is 2.12. The smallest absolute Gasteiger partial charge is 0.317 e. The Bertz CT molecular complexity index is 692. The number of imidazole rings is 1. The number of nitrogens with one attached hydrogen (secondary N) is 1. The minimum Gasteiger partial charge on any atom is -0.368 e. The van der Waals surface area contributed by atoms with Gasteiger partial charge in [-0.05, 0) is 24.3 Å². The van der Waals surface area contributed by atoms with E-state index in [1.807, 2.05) is 11.1 Å². The highest BCUT2D eigenvalue weighted by Gasteiger charge is 2.21. The third-order valence-corrected chi connectivity index (χ3v) is 4.51.